The molecule has 0 spiro atoms. The summed E-state index contributed by atoms with van der Waals surface area (Å²) in [4.78, 5) is 13.4. The highest BCUT2D eigenvalue weighted by Crippen LogP contribution is 2.35. The number of tetrazole rings is 1. The number of aromatic nitrogens is 4. The smallest absolute Gasteiger partial charge is 0.328 e. The van der Waals surface area contributed by atoms with Crippen LogP contribution in [0.25, 0.3) is 11.4 Å². The molecule has 1 aromatic heterocycles. The zero-order chi connectivity index (χ0) is 17.5. The second-order valence-electron chi connectivity index (χ2n) is 7.76. The zero-order valence-corrected chi connectivity index (χ0v) is 14.2. The Morgan fingerprint density at radius 2 is 1.92 bits per heavy atom. The summed E-state index contributed by atoms with van der Waals surface area (Å²) in [5.74, 6) is -0.481. The Labute approximate surface area is 140 Å². The third kappa shape index (κ3) is 3.31. The van der Waals surface area contributed by atoms with Gasteiger partial charge in [-0.1, -0.05) is 45.0 Å². The third-order valence-corrected chi connectivity index (χ3v) is 4.15. The lowest BCUT2D eigenvalue weighted by Gasteiger charge is -2.32. The minimum absolute atomic E-state index is 0.208. The van der Waals surface area contributed by atoms with Crippen molar-refractivity contribution in [1.29, 1.82) is 0 Å². The maximum atomic E-state index is 11.8. The van der Waals surface area contributed by atoms with Gasteiger partial charge >= 0.3 is 5.97 Å². The number of hydrogen-bond donors (Lipinski definition) is 2. The van der Waals surface area contributed by atoms with Gasteiger partial charge in [-0.25, -0.2) is 4.79 Å². The molecule has 24 heavy (non-hydrogen) atoms. The molecule has 128 valence electrons. The largest absolute Gasteiger partial charge is 0.480 e. The van der Waals surface area contributed by atoms with Gasteiger partial charge in [0, 0.05) is 5.56 Å². The Morgan fingerprint density at radius 1 is 1.29 bits per heavy atom. The first kappa shape index (κ1) is 16.6. The number of nitrogens with two attached hydrogens (primary N) is 1. The lowest BCUT2D eigenvalue weighted by Crippen LogP contribution is -2.47. The van der Waals surface area contributed by atoms with E-state index in [0.29, 0.717) is 23.9 Å². The molecule has 1 saturated carbocycles. The summed E-state index contributed by atoms with van der Waals surface area (Å²) in [5.41, 5.74) is 5.99. The lowest BCUT2D eigenvalue weighted by atomic mass is 9.76. The van der Waals surface area contributed by atoms with Gasteiger partial charge in [-0.15, -0.1) is 10.2 Å². The predicted molar refractivity (Wildman–Crippen MR) is 89.1 cm³/mol. The molecule has 0 radical (unpaired) electrons. The van der Waals surface area contributed by atoms with E-state index in [-0.39, 0.29) is 5.41 Å². The van der Waals surface area contributed by atoms with Crippen LogP contribution < -0.4 is 5.73 Å². The number of benzene rings is 1. The molecule has 1 aromatic carbocycles. The third-order valence-electron chi connectivity index (χ3n) is 4.15. The molecule has 2 aromatic rings. The van der Waals surface area contributed by atoms with Crippen LogP contribution in [0.2, 0.25) is 0 Å². The molecule has 1 aliphatic rings. The first-order valence-corrected chi connectivity index (χ1v) is 8.12. The quantitative estimate of drug-likeness (QED) is 0.872. The lowest BCUT2D eigenvalue weighted by molar-refractivity contribution is -0.145. The first-order valence-electron chi connectivity index (χ1n) is 8.12. The van der Waals surface area contributed by atoms with Gasteiger partial charge in [0.2, 0.25) is 5.82 Å². The van der Waals surface area contributed by atoms with E-state index in [4.69, 9.17) is 5.73 Å². The van der Waals surface area contributed by atoms with Crippen LogP contribution in [0.5, 0.6) is 0 Å². The topological polar surface area (TPSA) is 107 Å². The maximum Gasteiger partial charge on any atom is 0.328 e. The van der Waals surface area contributed by atoms with Crippen molar-refractivity contribution in [2.75, 3.05) is 0 Å². The van der Waals surface area contributed by atoms with E-state index in [0.717, 1.165) is 18.4 Å². The predicted octanol–water partition coefficient (Wildman–Crippen LogP) is 2.35. The molecule has 3 N–H and O–H groups in total. The molecule has 7 nitrogen and oxygen atoms in total. The zero-order valence-electron chi connectivity index (χ0n) is 14.2. The normalized spacial score (nSPS) is 17.5. The highest BCUT2D eigenvalue weighted by molar-refractivity contribution is 5.80. The maximum absolute atomic E-state index is 11.8. The number of carbonyl (C=O) groups is 1. The van der Waals surface area contributed by atoms with Crippen molar-refractivity contribution in [3.05, 3.63) is 29.8 Å². The molecule has 3 rings (SSSR count). The summed E-state index contributed by atoms with van der Waals surface area (Å²) in [6, 6.07) is 7.47. The fraction of sp³-hybridized carbons (Fsp3) is 0.529. The van der Waals surface area contributed by atoms with E-state index in [1.54, 1.807) is 29.1 Å². The first-order chi connectivity index (χ1) is 11.2. The number of aliphatic carboxylic acids is 1. The van der Waals surface area contributed by atoms with Crippen LogP contribution in [-0.4, -0.2) is 31.3 Å². The standard InChI is InChI=1S/C17H23N5O2/c1-16(2,3)10-17(18,15(23)24)12-6-4-11(5-7-12)14-19-21-22(20-14)13-8-9-13/h4-7,13H,8-10,18H2,1-3H3,(H,23,24). The number of carboxylic acid groups (broad SMARTS) is 1. The van der Waals surface area contributed by atoms with Crippen molar-refractivity contribution in [3.8, 4) is 11.4 Å². The van der Waals surface area contributed by atoms with Gasteiger partial charge in [0.15, 0.2) is 0 Å². The molecular formula is C17H23N5O2. The van der Waals surface area contributed by atoms with E-state index < -0.39 is 11.5 Å². The van der Waals surface area contributed by atoms with Gasteiger partial charge in [-0.2, -0.15) is 4.80 Å². The van der Waals surface area contributed by atoms with Crippen LogP contribution in [0.3, 0.4) is 0 Å². The number of nitrogens with zero attached hydrogens (tertiary/aromatic N) is 4. The van der Waals surface area contributed by atoms with Crippen LogP contribution in [-0.2, 0) is 10.3 Å². The summed E-state index contributed by atoms with van der Waals surface area (Å²) in [6.45, 7) is 5.93. The van der Waals surface area contributed by atoms with Gasteiger partial charge in [-0.05, 0) is 35.5 Å². The number of hydrogen-bond acceptors (Lipinski definition) is 5. The molecule has 1 heterocycles. The van der Waals surface area contributed by atoms with Crippen LogP contribution in [0, 0.1) is 5.41 Å². The van der Waals surface area contributed by atoms with Gasteiger partial charge in [0.1, 0.15) is 5.54 Å². The second-order valence-corrected chi connectivity index (χ2v) is 7.76. The monoisotopic (exact) mass is 329 g/mol. The fourth-order valence-electron chi connectivity index (χ4n) is 2.86. The molecular weight excluding hydrogens is 306 g/mol. The minimum atomic E-state index is -1.42. The average molecular weight is 329 g/mol. The van der Waals surface area contributed by atoms with Crippen molar-refractivity contribution in [1.82, 2.24) is 20.2 Å². The Morgan fingerprint density at radius 3 is 2.42 bits per heavy atom. The Bertz CT molecular complexity index is 743. The molecule has 1 fully saturated rings. The van der Waals surface area contributed by atoms with E-state index in [9.17, 15) is 9.90 Å². The van der Waals surface area contributed by atoms with Crippen LogP contribution in [0.15, 0.2) is 24.3 Å². The summed E-state index contributed by atoms with van der Waals surface area (Å²) in [6.07, 6.45) is 2.52. The van der Waals surface area contributed by atoms with Crippen LogP contribution >= 0.6 is 0 Å². The Hall–Kier alpha value is -2.28. The van der Waals surface area contributed by atoms with Crippen molar-refractivity contribution < 1.29 is 9.90 Å². The van der Waals surface area contributed by atoms with Gasteiger partial charge < -0.3 is 10.8 Å². The van der Waals surface area contributed by atoms with Crippen molar-refractivity contribution in [2.24, 2.45) is 11.1 Å². The molecule has 0 saturated heterocycles. The summed E-state index contributed by atoms with van der Waals surface area (Å²) in [7, 11) is 0. The number of carboxylic acids is 1. The SMILES string of the molecule is CC(C)(C)CC(N)(C(=O)O)c1ccc(-c2nnn(C3CC3)n2)cc1. The van der Waals surface area contributed by atoms with Crippen molar-refractivity contribution in [3.63, 3.8) is 0 Å². The van der Waals surface area contributed by atoms with Gasteiger partial charge in [0.05, 0.1) is 6.04 Å². The van der Waals surface area contributed by atoms with Crippen LogP contribution in [0.4, 0.5) is 0 Å². The van der Waals surface area contributed by atoms with E-state index in [1.807, 2.05) is 20.8 Å². The van der Waals surface area contributed by atoms with Crippen molar-refractivity contribution in [2.45, 2.75) is 51.6 Å². The molecule has 0 amide bonds. The summed E-state index contributed by atoms with van der Waals surface area (Å²) in [5, 5.41) is 22.1. The fourth-order valence-corrected chi connectivity index (χ4v) is 2.86. The van der Waals surface area contributed by atoms with E-state index in [1.165, 1.54) is 0 Å². The summed E-state index contributed by atoms with van der Waals surface area (Å²) >= 11 is 0. The average Bonchev–Trinajstić information content (AvgIpc) is 3.23. The Balaban J connectivity index is 1.87. The minimum Gasteiger partial charge on any atom is -0.480 e. The molecule has 0 bridgehead atoms. The van der Waals surface area contributed by atoms with Gasteiger partial charge in [0.25, 0.3) is 0 Å². The Kier molecular flexibility index (Phi) is 3.91. The highest BCUT2D eigenvalue weighted by Gasteiger charge is 2.39. The second kappa shape index (κ2) is 5.66. The molecule has 7 heteroatoms. The van der Waals surface area contributed by atoms with E-state index >= 15 is 0 Å². The van der Waals surface area contributed by atoms with E-state index in [2.05, 4.69) is 15.4 Å². The summed E-state index contributed by atoms with van der Waals surface area (Å²) < 4.78 is 0. The molecule has 0 aliphatic heterocycles. The van der Waals surface area contributed by atoms with Crippen molar-refractivity contribution >= 4 is 5.97 Å². The molecule has 1 aliphatic carbocycles. The number of rotatable bonds is 5. The molecule has 1 atom stereocenters. The molecule has 1 unspecified atom stereocenters. The van der Waals surface area contributed by atoms with Gasteiger partial charge in [-0.3, -0.25) is 0 Å². The van der Waals surface area contributed by atoms with Crippen LogP contribution in [0.1, 0.15) is 51.6 Å². The highest BCUT2D eigenvalue weighted by atomic mass is 16.4.